The average molecular weight is 250 g/mol. The highest BCUT2D eigenvalue weighted by Crippen LogP contribution is 2.14. The van der Waals surface area contributed by atoms with E-state index in [0.717, 1.165) is 5.01 Å². The number of nitrogens with one attached hydrogen (secondary N) is 1. The van der Waals surface area contributed by atoms with Gasteiger partial charge in [-0.15, -0.1) is 10.2 Å². The Bertz CT molecular complexity index is 541. The van der Waals surface area contributed by atoms with Gasteiger partial charge in [0.25, 0.3) is 0 Å². The molecule has 88 valence electrons. The van der Waals surface area contributed by atoms with Gasteiger partial charge in [-0.3, -0.25) is 4.98 Å². The van der Waals surface area contributed by atoms with Gasteiger partial charge in [-0.1, -0.05) is 11.3 Å². The van der Waals surface area contributed by atoms with Crippen LogP contribution in [0.2, 0.25) is 0 Å². The van der Waals surface area contributed by atoms with Crippen LogP contribution < -0.4 is 5.32 Å². The molecule has 17 heavy (non-hydrogen) atoms. The fraction of sp³-hybridized carbons (Fsp3) is 0.200. The third-order valence-corrected chi connectivity index (χ3v) is 2.81. The van der Waals surface area contributed by atoms with Crippen molar-refractivity contribution in [1.82, 2.24) is 15.2 Å². The van der Waals surface area contributed by atoms with E-state index in [1.807, 2.05) is 6.92 Å². The van der Waals surface area contributed by atoms with Gasteiger partial charge in [0.2, 0.25) is 5.13 Å². The summed E-state index contributed by atoms with van der Waals surface area (Å²) in [6.45, 7) is 2.29. The highest BCUT2D eigenvalue weighted by Gasteiger charge is 2.05. The van der Waals surface area contributed by atoms with Crippen LogP contribution in [-0.4, -0.2) is 26.3 Å². The van der Waals surface area contributed by atoms with Crippen LogP contribution in [0.4, 0.5) is 5.13 Å². The van der Waals surface area contributed by atoms with Crippen molar-refractivity contribution in [2.45, 2.75) is 13.5 Å². The van der Waals surface area contributed by atoms with E-state index in [1.165, 1.54) is 29.7 Å². The van der Waals surface area contributed by atoms with Gasteiger partial charge in [0.15, 0.2) is 0 Å². The maximum Gasteiger partial charge on any atom is 0.335 e. The second-order valence-electron chi connectivity index (χ2n) is 3.32. The molecule has 7 heteroatoms. The summed E-state index contributed by atoms with van der Waals surface area (Å²) in [6, 6.07) is 2.99. The van der Waals surface area contributed by atoms with E-state index in [4.69, 9.17) is 5.11 Å². The Labute approximate surface area is 101 Å². The number of carboxylic acid groups (broad SMARTS) is 1. The Hall–Kier alpha value is -2.02. The second-order valence-corrected chi connectivity index (χ2v) is 4.50. The standard InChI is InChI=1S/C10H10N4O2S/c1-6-13-14-10(17-6)12-5-8-4-7(9(15)16)2-3-11-8/h2-4H,5H2,1H3,(H,12,14)(H,15,16). The number of anilines is 1. The number of aromatic nitrogens is 3. The van der Waals surface area contributed by atoms with E-state index in [-0.39, 0.29) is 5.56 Å². The van der Waals surface area contributed by atoms with Gasteiger partial charge in [0.1, 0.15) is 5.01 Å². The van der Waals surface area contributed by atoms with Crippen molar-refractivity contribution < 1.29 is 9.90 Å². The van der Waals surface area contributed by atoms with Crippen LogP contribution in [0.15, 0.2) is 18.3 Å². The average Bonchev–Trinajstić information content (AvgIpc) is 2.73. The number of rotatable bonds is 4. The molecule has 2 rings (SSSR count). The van der Waals surface area contributed by atoms with Crippen molar-refractivity contribution in [2.75, 3.05) is 5.32 Å². The summed E-state index contributed by atoms with van der Waals surface area (Å²) in [7, 11) is 0. The summed E-state index contributed by atoms with van der Waals surface area (Å²) in [5.41, 5.74) is 0.878. The van der Waals surface area contributed by atoms with Crippen LogP contribution in [0.1, 0.15) is 21.1 Å². The molecule has 0 amide bonds. The van der Waals surface area contributed by atoms with E-state index < -0.39 is 5.97 Å². The molecule has 0 atom stereocenters. The van der Waals surface area contributed by atoms with Gasteiger partial charge in [-0.05, 0) is 19.1 Å². The monoisotopic (exact) mass is 250 g/mol. The van der Waals surface area contributed by atoms with Crippen molar-refractivity contribution in [3.05, 3.63) is 34.6 Å². The third kappa shape index (κ3) is 2.97. The highest BCUT2D eigenvalue weighted by atomic mass is 32.1. The van der Waals surface area contributed by atoms with E-state index >= 15 is 0 Å². The molecule has 2 aromatic rings. The van der Waals surface area contributed by atoms with Gasteiger partial charge in [0, 0.05) is 6.20 Å². The molecule has 0 saturated heterocycles. The molecule has 0 aliphatic rings. The molecule has 0 spiro atoms. The fourth-order valence-corrected chi connectivity index (χ4v) is 1.83. The molecular formula is C10H10N4O2S. The normalized spacial score (nSPS) is 10.2. The Kier molecular flexibility index (Phi) is 3.29. The van der Waals surface area contributed by atoms with Crippen LogP contribution >= 0.6 is 11.3 Å². The van der Waals surface area contributed by atoms with Crippen molar-refractivity contribution in [3.8, 4) is 0 Å². The van der Waals surface area contributed by atoms with E-state index in [9.17, 15) is 4.79 Å². The third-order valence-electron chi connectivity index (χ3n) is 2.01. The van der Waals surface area contributed by atoms with Crippen LogP contribution in [0.5, 0.6) is 0 Å². The topological polar surface area (TPSA) is 88.0 Å². The van der Waals surface area contributed by atoms with Crippen LogP contribution in [-0.2, 0) is 6.54 Å². The summed E-state index contributed by atoms with van der Waals surface area (Å²) in [4.78, 5) is 14.8. The summed E-state index contributed by atoms with van der Waals surface area (Å²) >= 11 is 1.44. The quantitative estimate of drug-likeness (QED) is 0.856. The molecule has 0 unspecified atom stereocenters. The van der Waals surface area contributed by atoms with Gasteiger partial charge in [-0.25, -0.2) is 4.79 Å². The van der Waals surface area contributed by atoms with Crippen molar-refractivity contribution in [2.24, 2.45) is 0 Å². The first-order valence-electron chi connectivity index (χ1n) is 4.87. The molecule has 2 N–H and O–H groups in total. The first-order valence-corrected chi connectivity index (χ1v) is 5.69. The molecule has 0 aromatic carbocycles. The van der Waals surface area contributed by atoms with E-state index in [0.29, 0.717) is 17.4 Å². The fourth-order valence-electron chi connectivity index (χ4n) is 1.24. The summed E-state index contributed by atoms with van der Waals surface area (Å²) < 4.78 is 0. The Morgan fingerprint density at radius 1 is 1.53 bits per heavy atom. The maximum absolute atomic E-state index is 10.8. The van der Waals surface area contributed by atoms with Crippen LogP contribution in [0, 0.1) is 6.92 Å². The molecule has 2 heterocycles. The molecule has 0 aliphatic heterocycles. The Morgan fingerprint density at radius 2 is 2.35 bits per heavy atom. The minimum absolute atomic E-state index is 0.227. The Morgan fingerprint density at radius 3 is 3.00 bits per heavy atom. The predicted molar refractivity (Wildman–Crippen MR) is 63.2 cm³/mol. The first kappa shape index (κ1) is 11.5. The summed E-state index contributed by atoms with van der Waals surface area (Å²) in [5, 5.41) is 21.2. The smallest absolute Gasteiger partial charge is 0.335 e. The lowest BCUT2D eigenvalue weighted by Gasteiger charge is -2.02. The lowest BCUT2D eigenvalue weighted by atomic mass is 10.2. The number of carboxylic acids is 1. The van der Waals surface area contributed by atoms with Gasteiger partial charge < -0.3 is 10.4 Å². The number of nitrogens with zero attached hydrogens (tertiary/aromatic N) is 3. The molecule has 2 aromatic heterocycles. The van der Waals surface area contributed by atoms with E-state index in [1.54, 1.807) is 0 Å². The number of aromatic carboxylic acids is 1. The van der Waals surface area contributed by atoms with Gasteiger partial charge in [-0.2, -0.15) is 0 Å². The number of pyridine rings is 1. The van der Waals surface area contributed by atoms with E-state index in [2.05, 4.69) is 20.5 Å². The lowest BCUT2D eigenvalue weighted by molar-refractivity contribution is 0.0696. The SMILES string of the molecule is Cc1nnc(NCc2cc(C(=O)O)ccn2)s1. The van der Waals surface area contributed by atoms with Crippen molar-refractivity contribution in [3.63, 3.8) is 0 Å². The molecule has 0 bridgehead atoms. The zero-order valence-corrected chi connectivity index (χ0v) is 9.86. The van der Waals surface area contributed by atoms with Gasteiger partial charge >= 0.3 is 5.97 Å². The lowest BCUT2D eigenvalue weighted by Crippen LogP contribution is -2.04. The minimum atomic E-state index is -0.958. The first-order chi connectivity index (χ1) is 8.15. The number of carbonyl (C=O) groups is 1. The van der Waals surface area contributed by atoms with Crippen LogP contribution in [0.3, 0.4) is 0 Å². The van der Waals surface area contributed by atoms with Crippen molar-refractivity contribution >= 4 is 22.4 Å². The zero-order chi connectivity index (χ0) is 12.3. The minimum Gasteiger partial charge on any atom is -0.478 e. The summed E-state index contributed by atoms with van der Waals surface area (Å²) in [5.74, 6) is -0.958. The zero-order valence-electron chi connectivity index (χ0n) is 9.04. The largest absolute Gasteiger partial charge is 0.478 e. The second kappa shape index (κ2) is 4.88. The maximum atomic E-state index is 10.8. The molecular weight excluding hydrogens is 240 g/mol. The van der Waals surface area contributed by atoms with Crippen molar-refractivity contribution in [1.29, 1.82) is 0 Å². The molecule has 0 aliphatic carbocycles. The number of hydrogen-bond acceptors (Lipinski definition) is 6. The molecule has 6 nitrogen and oxygen atoms in total. The number of hydrogen-bond donors (Lipinski definition) is 2. The van der Waals surface area contributed by atoms with Gasteiger partial charge in [0.05, 0.1) is 17.8 Å². The molecule has 0 fully saturated rings. The van der Waals surface area contributed by atoms with Crippen LogP contribution in [0.25, 0.3) is 0 Å². The molecule has 0 saturated carbocycles. The predicted octanol–water partition coefficient (Wildman–Crippen LogP) is 1.55. The highest BCUT2D eigenvalue weighted by molar-refractivity contribution is 7.15. The molecule has 0 radical (unpaired) electrons. The number of aryl methyl sites for hydroxylation is 1. The Balaban J connectivity index is 2.04. The summed E-state index contributed by atoms with van der Waals surface area (Å²) in [6.07, 6.45) is 1.48.